The summed E-state index contributed by atoms with van der Waals surface area (Å²) in [4.78, 5) is 0. The molecule has 2 atom stereocenters. The summed E-state index contributed by atoms with van der Waals surface area (Å²) in [5.74, 6) is 0.324. The van der Waals surface area contributed by atoms with Gasteiger partial charge in [0, 0.05) is 21.9 Å². The molecule has 63 heavy (non-hydrogen) atoms. The van der Waals surface area contributed by atoms with Gasteiger partial charge in [0.25, 0.3) is 0 Å². The highest BCUT2D eigenvalue weighted by Gasteiger charge is 2.60. The van der Waals surface area contributed by atoms with Gasteiger partial charge in [0.1, 0.15) is 11.4 Å². The summed E-state index contributed by atoms with van der Waals surface area (Å²) >= 11 is 0. The summed E-state index contributed by atoms with van der Waals surface area (Å²) in [7, 11) is -3.90. The Balaban J connectivity index is 1.47. The first-order valence-corrected chi connectivity index (χ1v) is 23.4. The van der Waals surface area contributed by atoms with Crippen molar-refractivity contribution in [2.24, 2.45) is 0 Å². The maximum absolute atomic E-state index is 8.88. The first kappa shape index (κ1) is 39.6. The van der Waals surface area contributed by atoms with Crippen molar-refractivity contribution in [2.45, 2.75) is 11.5 Å². The number of hydrogen-bond donors (Lipinski definition) is 0. The van der Waals surface area contributed by atoms with E-state index in [1.165, 1.54) is 5.57 Å². The van der Waals surface area contributed by atoms with Crippen LogP contribution in [0.15, 0.2) is 273 Å². The molecular weight excluding hydrogens is 781 g/mol. The van der Waals surface area contributed by atoms with Gasteiger partial charge in [0.05, 0.1) is 0 Å². The maximum Gasteiger partial charge on any atom is 0.469 e. The molecule has 1 aliphatic rings. The average molecular weight is 827 g/mol. The third-order valence-corrected chi connectivity index (χ3v) is 15.4. The lowest BCUT2D eigenvalue weighted by Crippen LogP contribution is -2.69. The van der Waals surface area contributed by atoms with Crippen LogP contribution in [0.1, 0.15) is 39.3 Å². The van der Waals surface area contributed by atoms with Gasteiger partial charge in [-0.05, 0) is 62.2 Å². The summed E-state index contributed by atoms with van der Waals surface area (Å²) in [6.45, 7) is 0. The lowest BCUT2D eigenvalue weighted by Gasteiger charge is -2.53. The van der Waals surface area contributed by atoms with Crippen LogP contribution in [0.4, 0.5) is 0 Å². The molecular formula is C60H46O2Si. The monoisotopic (exact) mass is 826 g/mol. The largest absolute Gasteiger partial charge is 0.514 e. The summed E-state index contributed by atoms with van der Waals surface area (Å²) < 4.78 is 16.6. The summed E-state index contributed by atoms with van der Waals surface area (Å²) in [5.41, 5.74) is 9.79. The lowest BCUT2D eigenvalue weighted by molar-refractivity contribution is 0.0882. The number of rotatable bonds is 12. The second-order valence-corrected chi connectivity index (χ2v) is 18.6. The smallest absolute Gasteiger partial charge is 0.469 e. The van der Waals surface area contributed by atoms with E-state index in [1.807, 2.05) is 30.3 Å². The SMILES string of the molecule is c1ccc(O[Si](OC2(c3ccccc3)C(c3ccccc3)=C(c3ccccc3)C(c3ccccc3)=C(c3ccccc3)C2c2ccccc2)(c2ccccc2)c2ccccc2)cc1. The summed E-state index contributed by atoms with van der Waals surface area (Å²) in [6, 6.07) is 97.1. The predicted octanol–water partition coefficient (Wildman–Crippen LogP) is 13.3. The van der Waals surface area contributed by atoms with Crippen molar-refractivity contribution in [1.82, 2.24) is 0 Å². The van der Waals surface area contributed by atoms with Gasteiger partial charge in [0.2, 0.25) is 0 Å². The van der Waals surface area contributed by atoms with Gasteiger partial charge in [-0.2, -0.15) is 0 Å². The Bertz CT molecular complexity index is 2900. The van der Waals surface area contributed by atoms with Crippen molar-refractivity contribution in [3.8, 4) is 5.75 Å². The number of benzene rings is 9. The third-order valence-electron chi connectivity index (χ3n) is 12.1. The van der Waals surface area contributed by atoms with E-state index in [4.69, 9.17) is 8.85 Å². The van der Waals surface area contributed by atoms with Crippen molar-refractivity contribution in [2.75, 3.05) is 0 Å². The van der Waals surface area contributed by atoms with E-state index in [0.29, 0.717) is 0 Å². The van der Waals surface area contributed by atoms with Crippen LogP contribution < -0.4 is 14.8 Å². The van der Waals surface area contributed by atoms with Crippen molar-refractivity contribution < 1.29 is 8.85 Å². The Morgan fingerprint density at radius 3 is 1.17 bits per heavy atom. The molecule has 302 valence electrons. The molecule has 0 aliphatic heterocycles. The molecule has 1 aliphatic carbocycles. The fraction of sp³-hybridized carbons (Fsp3) is 0.0333. The highest BCUT2D eigenvalue weighted by Crippen LogP contribution is 2.64. The standard InChI is InChI=1S/C60H46O2Si/c1-10-28-46(29-11-1)55-56(47-30-12-2-13-31-47)58(49-34-16-4-17-35-49)60(51-38-20-6-21-39-51,59(50-36-18-5-19-37-50)57(55)48-32-14-3-15-33-48)62-63(53-42-24-8-25-43-53,54-44-26-9-27-45-54)61-52-40-22-7-23-41-52/h1-45,58H. The fourth-order valence-electron chi connectivity index (χ4n) is 9.46. The molecule has 9 aromatic rings. The van der Waals surface area contributed by atoms with Gasteiger partial charge >= 0.3 is 8.56 Å². The zero-order valence-corrected chi connectivity index (χ0v) is 35.9. The van der Waals surface area contributed by atoms with E-state index in [0.717, 1.165) is 66.2 Å². The normalized spacial score (nSPS) is 16.4. The highest BCUT2D eigenvalue weighted by molar-refractivity contribution is 6.93. The molecule has 0 N–H and O–H groups in total. The Morgan fingerprint density at radius 1 is 0.333 bits per heavy atom. The van der Waals surface area contributed by atoms with Crippen molar-refractivity contribution in [3.05, 3.63) is 306 Å². The van der Waals surface area contributed by atoms with E-state index in [2.05, 4.69) is 243 Å². The zero-order chi connectivity index (χ0) is 42.3. The zero-order valence-electron chi connectivity index (χ0n) is 34.9. The number of para-hydroxylation sites is 1. The lowest BCUT2D eigenvalue weighted by atomic mass is 9.59. The molecule has 0 aromatic heterocycles. The molecule has 2 unspecified atom stereocenters. The van der Waals surface area contributed by atoms with Gasteiger partial charge in [-0.15, -0.1) is 0 Å². The van der Waals surface area contributed by atoms with Crippen molar-refractivity contribution in [1.29, 1.82) is 0 Å². The van der Waals surface area contributed by atoms with E-state index >= 15 is 0 Å². The van der Waals surface area contributed by atoms with Crippen molar-refractivity contribution in [3.63, 3.8) is 0 Å². The predicted molar refractivity (Wildman–Crippen MR) is 263 cm³/mol. The molecule has 0 saturated heterocycles. The first-order valence-electron chi connectivity index (χ1n) is 21.6. The molecule has 0 saturated carbocycles. The van der Waals surface area contributed by atoms with Crippen LogP contribution >= 0.6 is 0 Å². The second kappa shape index (κ2) is 17.8. The maximum atomic E-state index is 8.88. The van der Waals surface area contributed by atoms with Crippen LogP contribution in [0.3, 0.4) is 0 Å². The molecule has 3 heteroatoms. The Kier molecular flexibility index (Phi) is 11.2. The molecule has 0 amide bonds. The topological polar surface area (TPSA) is 18.5 Å². The second-order valence-electron chi connectivity index (χ2n) is 15.8. The molecule has 2 nitrogen and oxygen atoms in total. The number of allylic oxidation sites excluding steroid dienone is 2. The minimum absolute atomic E-state index is 0.417. The van der Waals surface area contributed by atoms with Crippen LogP contribution in [-0.4, -0.2) is 8.56 Å². The molecule has 0 bridgehead atoms. The molecule has 0 fully saturated rings. The van der Waals surface area contributed by atoms with E-state index < -0.39 is 20.1 Å². The Hall–Kier alpha value is -7.56. The van der Waals surface area contributed by atoms with Gasteiger partial charge < -0.3 is 8.85 Å². The van der Waals surface area contributed by atoms with E-state index in [9.17, 15) is 0 Å². The summed E-state index contributed by atoms with van der Waals surface area (Å²) in [6.07, 6.45) is 0. The van der Waals surface area contributed by atoms with Crippen LogP contribution in [-0.2, 0) is 10.0 Å². The minimum Gasteiger partial charge on any atom is -0.514 e. The molecule has 0 radical (unpaired) electrons. The first-order chi connectivity index (χ1) is 31.3. The van der Waals surface area contributed by atoms with Gasteiger partial charge in [-0.1, -0.05) is 261 Å². The van der Waals surface area contributed by atoms with Gasteiger partial charge in [0.15, 0.2) is 0 Å². The quantitative estimate of drug-likeness (QED) is 0.114. The van der Waals surface area contributed by atoms with Crippen LogP contribution in [0.2, 0.25) is 0 Å². The van der Waals surface area contributed by atoms with Crippen LogP contribution in [0.25, 0.3) is 22.3 Å². The van der Waals surface area contributed by atoms with Crippen LogP contribution in [0.5, 0.6) is 5.75 Å². The van der Waals surface area contributed by atoms with Crippen molar-refractivity contribution >= 4 is 41.2 Å². The van der Waals surface area contributed by atoms with Gasteiger partial charge in [-0.3, -0.25) is 0 Å². The summed E-state index contributed by atoms with van der Waals surface area (Å²) in [5, 5.41) is 1.99. The average Bonchev–Trinajstić information content (AvgIpc) is 3.38. The highest BCUT2D eigenvalue weighted by atomic mass is 28.4. The Morgan fingerprint density at radius 2 is 0.698 bits per heavy atom. The fourth-order valence-corrected chi connectivity index (χ4v) is 12.8. The molecule has 10 rings (SSSR count). The Labute approximate surface area is 372 Å². The van der Waals surface area contributed by atoms with E-state index in [1.54, 1.807) is 0 Å². The molecule has 0 spiro atoms. The number of hydrogen-bond acceptors (Lipinski definition) is 2. The van der Waals surface area contributed by atoms with E-state index in [-0.39, 0.29) is 0 Å². The molecule has 9 aromatic carbocycles. The van der Waals surface area contributed by atoms with Gasteiger partial charge in [-0.25, -0.2) is 0 Å². The molecule has 0 heterocycles. The minimum atomic E-state index is -3.90. The third kappa shape index (κ3) is 7.48. The van der Waals surface area contributed by atoms with Crippen LogP contribution in [0, 0.1) is 0 Å².